The maximum Gasteiger partial charge on any atom is 0.330 e. The highest BCUT2D eigenvalue weighted by atomic mass is 32.2. The molecule has 112 valence electrons. The van der Waals surface area contributed by atoms with Crippen LogP contribution in [0.1, 0.15) is 6.23 Å². The largest absolute Gasteiger partial charge is 0.374 e. The molecule has 0 aliphatic carbocycles. The summed E-state index contributed by atoms with van der Waals surface area (Å²) in [5, 5.41) is 0. The first kappa shape index (κ1) is 14.9. The van der Waals surface area contributed by atoms with Crippen molar-refractivity contribution >= 4 is 10.1 Å². The fourth-order valence-corrected chi connectivity index (χ4v) is 2.09. The number of nitrogens with zero attached hydrogens (tertiary/aromatic N) is 1. The number of H-pyrrole nitrogens is 1. The van der Waals surface area contributed by atoms with Gasteiger partial charge in [-0.05, 0) is 0 Å². The van der Waals surface area contributed by atoms with E-state index in [4.69, 9.17) is 9.47 Å². The van der Waals surface area contributed by atoms with E-state index in [1.54, 1.807) is 0 Å². The Hall–Kier alpha value is -1.49. The number of hydrogen-bond donors (Lipinski definition) is 1. The van der Waals surface area contributed by atoms with Gasteiger partial charge in [0.25, 0.3) is 15.7 Å². The van der Waals surface area contributed by atoms with Crippen molar-refractivity contribution < 1.29 is 22.1 Å². The molecule has 1 aliphatic heterocycles. The number of ether oxygens (including phenoxy) is 2. The number of hydrogen-bond acceptors (Lipinski definition) is 7. The molecule has 2 atom stereocenters. The van der Waals surface area contributed by atoms with Gasteiger partial charge in [-0.3, -0.25) is 18.5 Å². The van der Waals surface area contributed by atoms with Gasteiger partial charge in [-0.15, -0.1) is 0 Å². The Morgan fingerprint density at radius 1 is 1.45 bits per heavy atom. The second-order valence-corrected chi connectivity index (χ2v) is 5.90. The van der Waals surface area contributed by atoms with E-state index in [2.05, 4.69) is 9.17 Å². The van der Waals surface area contributed by atoms with Gasteiger partial charge in [0, 0.05) is 12.3 Å². The SMILES string of the molecule is CS(=O)(=O)OC[C@H]1COC[C@H](n2ccc(=O)[nH]c2=O)O1. The van der Waals surface area contributed by atoms with E-state index in [1.165, 1.54) is 12.3 Å². The summed E-state index contributed by atoms with van der Waals surface area (Å²) in [5.41, 5.74) is -1.14. The predicted octanol–water partition coefficient (Wildman–Crippen LogP) is -1.57. The standard InChI is InChI=1S/C10H14N2O7S/c1-20(15,16)18-5-7-4-17-6-9(19-7)12-3-2-8(13)11-10(12)14/h2-3,7,9H,4-6H2,1H3,(H,11,13,14)/t7-,9-/m1/s1. The van der Waals surface area contributed by atoms with Gasteiger partial charge in [0.2, 0.25) is 0 Å². The molecule has 0 amide bonds. The van der Waals surface area contributed by atoms with Crippen molar-refractivity contribution in [1.29, 1.82) is 0 Å². The second-order valence-electron chi connectivity index (χ2n) is 4.26. The maximum absolute atomic E-state index is 11.6. The normalized spacial score (nSPS) is 23.6. The molecule has 1 N–H and O–H groups in total. The molecule has 1 aliphatic rings. The van der Waals surface area contributed by atoms with Gasteiger partial charge in [-0.1, -0.05) is 0 Å². The molecule has 0 unspecified atom stereocenters. The molecule has 1 aromatic heterocycles. The average molecular weight is 306 g/mol. The monoisotopic (exact) mass is 306 g/mol. The summed E-state index contributed by atoms with van der Waals surface area (Å²) in [6.45, 7) is 0.0683. The molecule has 10 heteroatoms. The average Bonchev–Trinajstić information content (AvgIpc) is 2.36. The third kappa shape index (κ3) is 4.00. The highest BCUT2D eigenvalue weighted by Gasteiger charge is 2.26. The van der Waals surface area contributed by atoms with Crippen molar-refractivity contribution in [2.75, 3.05) is 26.1 Å². The molecule has 2 heterocycles. The van der Waals surface area contributed by atoms with E-state index < -0.39 is 33.7 Å². The molecule has 1 saturated heterocycles. The molecule has 1 aromatic rings. The van der Waals surface area contributed by atoms with Crippen molar-refractivity contribution in [2.24, 2.45) is 0 Å². The van der Waals surface area contributed by atoms with Gasteiger partial charge in [-0.2, -0.15) is 8.42 Å². The lowest BCUT2D eigenvalue weighted by molar-refractivity contribution is -0.177. The minimum absolute atomic E-state index is 0.112. The van der Waals surface area contributed by atoms with E-state index in [1.807, 2.05) is 0 Å². The number of aromatic nitrogens is 2. The highest BCUT2D eigenvalue weighted by molar-refractivity contribution is 7.85. The Morgan fingerprint density at radius 3 is 2.85 bits per heavy atom. The summed E-state index contributed by atoms with van der Waals surface area (Å²) in [4.78, 5) is 24.7. The third-order valence-corrected chi connectivity index (χ3v) is 3.11. The van der Waals surface area contributed by atoms with Crippen LogP contribution in [0.2, 0.25) is 0 Å². The number of nitrogens with one attached hydrogen (secondary N) is 1. The topological polar surface area (TPSA) is 117 Å². The van der Waals surface area contributed by atoms with Crippen LogP contribution in [0.4, 0.5) is 0 Å². The summed E-state index contributed by atoms with van der Waals surface area (Å²) >= 11 is 0. The first-order chi connectivity index (χ1) is 9.35. The van der Waals surface area contributed by atoms with Crippen LogP contribution in [0.5, 0.6) is 0 Å². The summed E-state index contributed by atoms with van der Waals surface area (Å²) in [7, 11) is -3.57. The molecular weight excluding hydrogens is 292 g/mol. The zero-order chi connectivity index (χ0) is 14.8. The van der Waals surface area contributed by atoms with E-state index in [9.17, 15) is 18.0 Å². The van der Waals surface area contributed by atoms with Crippen molar-refractivity contribution in [1.82, 2.24) is 9.55 Å². The lowest BCUT2D eigenvalue weighted by Gasteiger charge is -2.30. The lowest BCUT2D eigenvalue weighted by atomic mass is 10.3. The summed E-state index contributed by atoms with van der Waals surface area (Å²) in [6, 6.07) is 1.18. The number of aromatic amines is 1. The number of rotatable bonds is 4. The maximum atomic E-state index is 11.6. The Bertz CT molecular complexity index is 677. The molecule has 9 nitrogen and oxygen atoms in total. The highest BCUT2D eigenvalue weighted by Crippen LogP contribution is 2.16. The van der Waals surface area contributed by atoms with Gasteiger partial charge in [-0.25, -0.2) is 4.79 Å². The fourth-order valence-electron chi connectivity index (χ4n) is 1.69. The summed E-state index contributed by atoms with van der Waals surface area (Å²) in [6.07, 6.45) is 0.846. The van der Waals surface area contributed by atoms with Crippen LogP contribution in [-0.2, 0) is 23.8 Å². The van der Waals surface area contributed by atoms with Gasteiger partial charge >= 0.3 is 5.69 Å². The summed E-state index contributed by atoms with van der Waals surface area (Å²) < 4.78 is 38.4. The molecule has 0 bridgehead atoms. The van der Waals surface area contributed by atoms with E-state index in [0.717, 1.165) is 10.8 Å². The minimum atomic E-state index is -3.57. The van der Waals surface area contributed by atoms with E-state index in [-0.39, 0.29) is 19.8 Å². The van der Waals surface area contributed by atoms with Crippen LogP contribution in [0, 0.1) is 0 Å². The van der Waals surface area contributed by atoms with Gasteiger partial charge in [0.1, 0.15) is 6.10 Å². The van der Waals surface area contributed by atoms with Crippen LogP contribution in [0.3, 0.4) is 0 Å². The molecule has 20 heavy (non-hydrogen) atoms. The first-order valence-electron chi connectivity index (χ1n) is 5.74. The van der Waals surface area contributed by atoms with Crippen LogP contribution in [0.25, 0.3) is 0 Å². The minimum Gasteiger partial charge on any atom is -0.374 e. The second kappa shape index (κ2) is 5.87. The predicted molar refractivity (Wildman–Crippen MR) is 66.8 cm³/mol. The Balaban J connectivity index is 2.07. The van der Waals surface area contributed by atoms with E-state index in [0.29, 0.717) is 0 Å². The Morgan fingerprint density at radius 2 is 2.20 bits per heavy atom. The zero-order valence-electron chi connectivity index (χ0n) is 10.6. The quantitative estimate of drug-likeness (QED) is 0.668. The molecule has 1 fully saturated rings. The fraction of sp³-hybridized carbons (Fsp3) is 0.600. The van der Waals surface area contributed by atoms with Crippen LogP contribution >= 0.6 is 0 Å². The van der Waals surface area contributed by atoms with E-state index >= 15 is 0 Å². The van der Waals surface area contributed by atoms with Gasteiger partial charge < -0.3 is 9.47 Å². The van der Waals surface area contributed by atoms with Crippen LogP contribution < -0.4 is 11.2 Å². The Kier molecular flexibility index (Phi) is 4.38. The van der Waals surface area contributed by atoms with Gasteiger partial charge in [0.05, 0.1) is 26.1 Å². The molecule has 0 saturated carbocycles. The van der Waals surface area contributed by atoms with Crippen molar-refractivity contribution in [2.45, 2.75) is 12.3 Å². The summed E-state index contributed by atoms with van der Waals surface area (Å²) in [5.74, 6) is 0. The van der Waals surface area contributed by atoms with Crippen LogP contribution in [-0.4, -0.2) is 50.1 Å². The molecule has 0 spiro atoms. The Labute approximate surface area is 114 Å². The molecule has 2 rings (SSSR count). The van der Waals surface area contributed by atoms with Gasteiger partial charge in [0.15, 0.2) is 6.23 Å². The smallest absolute Gasteiger partial charge is 0.330 e. The first-order valence-corrected chi connectivity index (χ1v) is 7.56. The lowest BCUT2D eigenvalue weighted by Crippen LogP contribution is -2.42. The van der Waals surface area contributed by atoms with Crippen LogP contribution in [0.15, 0.2) is 21.9 Å². The molecule has 0 aromatic carbocycles. The third-order valence-electron chi connectivity index (χ3n) is 2.54. The van der Waals surface area contributed by atoms with Crippen molar-refractivity contribution in [3.05, 3.63) is 33.1 Å². The molecular formula is C10H14N2O7S. The van der Waals surface area contributed by atoms with Crippen molar-refractivity contribution in [3.63, 3.8) is 0 Å². The zero-order valence-corrected chi connectivity index (χ0v) is 11.5. The molecule has 0 radical (unpaired) electrons. The van der Waals surface area contributed by atoms with Crippen molar-refractivity contribution in [3.8, 4) is 0 Å².